The molecule has 0 amide bonds. The molecule has 2 fully saturated rings. The Kier molecular flexibility index (Phi) is 7.86. The number of hydrogen-bond acceptors (Lipinski definition) is 11. The van der Waals surface area contributed by atoms with Crippen LogP contribution < -0.4 is 21.1 Å². The Bertz CT molecular complexity index is 1590. The van der Waals surface area contributed by atoms with Gasteiger partial charge in [0, 0.05) is 37.6 Å². The number of pyridine rings is 2. The number of aromatic nitrogens is 4. The summed E-state index contributed by atoms with van der Waals surface area (Å²) in [5.41, 5.74) is 0.722. The number of ketones is 1. The number of nitrogens with one attached hydrogen (secondary N) is 2. The van der Waals surface area contributed by atoms with Gasteiger partial charge in [-0.3, -0.25) is 18.7 Å². The van der Waals surface area contributed by atoms with Crippen molar-refractivity contribution < 1.29 is 22.9 Å². The van der Waals surface area contributed by atoms with Gasteiger partial charge < -0.3 is 20.6 Å². The van der Waals surface area contributed by atoms with Gasteiger partial charge in [-0.2, -0.15) is 13.4 Å². The molecule has 214 valence electrons. The van der Waals surface area contributed by atoms with Gasteiger partial charge in [-0.15, -0.1) is 0 Å². The van der Waals surface area contributed by atoms with Crippen molar-refractivity contribution >= 4 is 44.4 Å². The number of aliphatic hydroxyl groups is 1. The highest BCUT2D eigenvalue weighted by atomic mass is 32.2. The minimum atomic E-state index is -4.59. The predicted molar refractivity (Wildman–Crippen MR) is 150 cm³/mol. The quantitative estimate of drug-likeness (QED) is 0.228. The molecule has 13 nitrogen and oxygen atoms in total. The number of nitrogens with zero attached hydrogens (tertiary/aromatic N) is 5. The van der Waals surface area contributed by atoms with Crippen molar-refractivity contribution in [1.82, 2.24) is 24.8 Å². The maximum atomic E-state index is 13.6. The van der Waals surface area contributed by atoms with Crippen LogP contribution in [0.2, 0.25) is 0 Å². The zero-order chi connectivity index (χ0) is 28.6. The molecule has 14 heteroatoms. The molecule has 5 rings (SSSR count). The summed E-state index contributed by atoms with van der Waals surface area (Å²) in [4.78, 5) is 42.0. The predicted octanol–water partition coefficient (Wildman–Crippen LogP) is 1.89. The highest BCUT2D eigenvalue weighted by molar-refractivity contribution is 7.85. The van der Waals surface area contributed by atoms with Gasteiger partial charge in [0.2, 0.25) is 5.95 Å². The molecule has 1 aliphatic carbocycles. The fourth-order valence-electron chi connectivity index (χ4n) is 5.68. The van der Waals surface area contributed by atoms with Gasteiger partial charge in [-0.1, -0.05) is 12.8 Å². The van der Waals surface area contributed by atoms with Gasteiger partial charge >= 0.3 is 0 Å². The van der Waals surface area contributed by atoms with Crippen LogP contribution in [0.5, 0.6) is 0 Å². The number of piperazine rings is 1. The van der Waals surface area contributed by atoms with Gasteiger partial charge in [0.1, 0.15) is 23.3 Å². The van der Waals surface area contributed by atoms with Crippen molar-refractivity contribution in [3.63, 3.8) is 0 Å². The number of aliphatic hydroxyl groups excluding tert-OH is 1. The van der Waals surface area contributed by atoms with Crippen LogP contribution in [0.1, 0.15) is 66.4 Å². The van der Waals surface area contributed by atoms with Crippen molar-refractivity contribution in [1.29, 1.82) is 0 Å². The van der Waals surface area contributed by atoms with Crippen molar-refractivity contribution in [3.8, 4) is 0 Å². The summed E-state index contributed by atoms with van der Waals surface area (Å²) in [5, 5.41) is 17.5. The van der Waals surface area contributed by atoms with Crippen LogP contribution in [0, 0.1) is 6.92 Å². The number of anilines is 3. The van der Waals surface area contributed by atoms with Gasteiger partial charge in [0.15, 0.2) is 5.78 Å². The SMILES string of the molecule is CC(=O)c1c(C)c2c(C(O)CS(=O)(=O)O)nc(Nc3ccc(N4CCNCC4)cn3)nc2n(C2CCCC2)c1=O. The molecule has 1 saturated heterocycles. The molecule has 40 heavy (non-hydrogen) atoms. The van der Waals surface area contributed by atoms with Gasteiger partial charge in [0.05, 0.1) is 23.1 Å². The van der Waals surface area contributed by atoms with E-state index < -0.39 is 33.3 Å². The third kappa shape index (κ3) is 5.70. The number of aryl methyl sites for hydroxylation is 1. The van der Waals surface area contributed by atoms with Crippen LogP contribution in [-0.2, 0) is 10.1 Å². The maximum absolute atomic E-state index is 13.6. The van der Waals surface area contributed by atoms with E-state index in [4.69, 9.17) is 0 Å². The van der Waals surface area contributed by atoms with Gasteiger partial charge in [0.25, 0.3) is 15.7 Å². The molecular formula is C26H33N7O6S. The minimum Gasteiger partial charge on any atom is -0.386 e. The first-order valence-corrected chi connectivity index (χ1v) is 14.9. The largest absolute Gasteiger partial charge is 0.386 e. The number of Topliss-reactive ketones (excluding diaryl/α,β-unsaturated/α-hetero) is 1. The maximum Gasteiger partial charge on any atom is 0.267 e. The molecule has 4 N–H and O–H groups in total. The van der Waals surface area contributed by atoms with E-state index in [0.29, 0.717) is 18.7 Å². The summed E-state index contributed by atoms with van der Waals surface area (Å²) in [6, 6.07) is 3.44. The van der Waals surface area contributed by atoms with E-state index in [1.54, 1.807) is 19.2 Å². The second-order valence-corrected chi connectivity index (χ2v) is 11.8. The van der Waals surface area contributed by atoms with Crippen molar-refractivity contribution in [2.45, 2.75) is 51.7 Å². The first-order chi connectivity index (χ1) is 19.0. The molecule has 4 heterocycles. The van der Waals surface area contributed by atoms with E-state index in [-0.39, 0.29) is 39.8 Å². The summed E-state index contributed by atoms with van der Waals surface area (Å²) < 4.78 is 34.3. The molecule has 3 aromatic rings. The first-order valence-electron chi connectivity index (χ1n) is 13.3. The lowest BCUT2D eigenvalue weighted by atomic mass is 10.00. The van der Waals surface area contributed by atoms with E-state index in [0.717, 1.165) is 44.7 Å². The summed E-state index contributed by atoms with van der Waals surface area (Å²) in [7, 11) is -4.59. The standard InChI is InChI=1S/C26H33N7O6S/c1-15-21(16(2)34)25(36)33(17-5-3-4-6-17)24-22(15)23(19(35)14-40(37,38)39)30-26(31-24)29-20-8-7-18(13-28-20)32-11-9-27-10-12-32/h7-8,13,17,19,27,35H,3-6,9-12,14H2,1-2H3,(H,37,38,39)(H,28,29,30,31). The van der Waals surface area contributed by atoms with Crippen LogP contribution in [-0.4, -0.2) is 75.3 Å². The molecule has 1 unspecified atom stereocenters. The average Bonchev–Trinajstić information content (AvgIpc) is 3.42. The smallest absolute Gasteiger partial charge is 0.267 e. The summed E-state index contributed by atoms with van der Waals surface area (Å²) >= 11 is 0. The Morgan fingerprint density at radius 3 is 2.50 bits per heavy atom. The summed E-state index contributed by atoms with van der Waals surface area (Å²) in [6.45, 7) is 6.32. The molecule has 0 spiro atoms. The third-order valence-electron chi connectivity index (χ3n) is 7.52. The summed E-state index contributed by atoms with van der Waals surface area (Å²) in [5.74, 6) is -1.09. The Morgan fingerprint density at radius 2 is 1.90 bits per heavy atom. The van der Waals surface area contributed by atoms with E-state index >= 15 is 0 Å². The molecule has 3 aromatic heterocycles. The van der Waals surface area contributed by atoms with E-state index in [1.807, 2.05) is 6.07 Å². The molecule has 0 aromatic carbocycles. The van der Waals surface area contributed by atoms with Crippen molar-refractivity contribution in [3.05, 3.63) is 45.5 Å². The number of carbonyl (C=O) groups excluding carboxylic acids is 1. The number of rotatable bonds is 8. The van der Waals surface area contributed by atoms with Gasteiger partial charge in [-0.05, 0) is 44.4 Å². The van der Waals surface area contributed by atoms with E-state index in [9.17, 15) is 27.7 Å². The molecule has 0 radical (unpaired) electrons. The lowest BCUT2D eigenvalue weighted by Gasteiger charge is -2.29. The molecule has 0 bridgehead atoms. The van der Waals surface area contributed by atoms with Crippen molar-refractivity contribution in [2.75, 3.05) is 42.1 Å². The van der Waals surface area contributed by atoms with Crippen LogP contribution in [0.25, 0.3) is 11.0 Å². The molecule has 1 saturated carbocycles. The highest BCUT2D eigenvalue weighted by Gasteiger charge is 2.30. The zero-order valence-corrected chi connectivity index (χ0v) is 23.2. The monoisotopic (exact) mass is 571 g/mol. The Labute approximate surface area is 231 Å². The minimum absolute atomic E-state index is 0.0135. The molecule has 1 atom stereocenters. The number of carbonyl (C=O) groups is 1. The Hall–Kier alpha value is -3.46. The number of fused-ring (bicyclic) bond motifs is 1. The van der Waals surface area contributed by atoms with E-state index in [1.165, 1.54) is 11.5 Å². The average molecular weight is 572 g/mol. The normalized spacial score (nSPS) is 17.4. The van der Waals surface area contributed by atoms with Crippen LogP contribution in [0.3, 0.4) is 0 Å². The Balaban J connectivity index is 1.66. The zero-order valence-electron chi connectivity index (χ0n) is 22.4. The van der Waals surface area contributed by atoms with Crippen LogP contribution in [0.15, 0.2) is 23.1 Å². The van der Waals surface area contributed by atoms with E-state index in [2.05, 4.69) is 30.5 Å². The Morgan fingerprint density at radius 1 is 1.20 bits per heavy atom. The second kappa shape index (κ2) is 11.2. The fraction of sp³-hybridized carbons (Fsp3) is 0.500. The lowest BCUT2D eigenvalue weighted by Crippen LogP contribution is -2.43. The van der Waals surface area contributed by atoms with Crippen LogP contribution >= 0.6 is 0 Å². The summed E-state index contributed by atoms with van der Waals surface area (Å²) in [6.07, 6.45) is 3.19. The first kappa shape index (κ1) is 28.1. The van der Waals surface area contributed by atoms with Gasteiger partial charge in [-0.25, -0.2) is 9.97 Å². The number of hydrogen-bond donors (Lipinski definition) is 4. The second-order valence-electron chi connectivity index (χ2n) is 10.3. The highest BCUT2D eigenvalue weighted by Crippen LogP contribution is 2.34. The molecular weight excluding hydrogens is 538 g/mol. The fourth-order valence-corrected chi connectivity index (χ4v) is 6.23. The molecule has 2 aliphatic rings. The third-order valence-corrected chi connectivity index (χ3v) is 8.26. The van der Waals surface area contributed by atoms with Crippen molar-refractivity contribution in [2.24, 2.45) is 0 Å². The van der Waals surface area contributed by atoms with Crippen LogP contribution in [0.4, 0.5) is 17.5 Å². The lowest BCUT2D eigenvalue weighted by molar-refractivity contribution is 0.101. The molecule has 1 aliphatic heterocycles. The topological polar surface area (TPSA) is 180 Å².